The number of carbonyl (C=O) groups is 3. The minimum Gasteiger partial charge on any atom is -0.374 e. The summed E-state index contributed by atoms with van der Waals surface area (Å²) in [6.45, 7) is 9.29. The van der Waals surface area contributed by atoms with E-state index in [1.165, 1.54) is 0 Å². The predicted octanol–water partition coefficient (Wildman–Crippen LogP) is 2.81. The van der Waals surface area contributed by atoms with E-state index in [4.69, 9.17) is 0 Å². The normalized spacial score (nSPS) is 21.2. The van der Waals surface area contributed by atoms with Gasteiger partial charge in [-0.15, -0.1) is 0 Å². The van der Waals surface area contributed by atoms with Crippen LogP contribution in [0.5, 0.6) is 0 Å². The van der Waals surface area contributed by atoms with Crippen LogP contribution >= 0.6 is 0 Å². The Bertz CT molecular complexity index is 1080. The molecule has 2 heterocycles. The summed E-state index contributed by atoms with van der Waals surface area (Å²) in [4.78, 5) is 42.5. The number of fused-ring (bicyclic) bond motifs is 1. The minimum absolute atomic E-state index is 0.124. The van der Waals surface area contributed by atoms with Crippen molar-refractivity contribution in [2.24, 2.45) is 17.3 Å². The summed E-state index contributed by atoms with van der Waals surface area (Å²) in [5.41, 5.74) is 1.57. The molecular formula is C30H47FN6O4. The molecule has 4 N–H and O–H groups in total. The van der Waals surface area contributed by atoms with Crippen molar-refractivity contribution in [3.05, 3.63) is 23.5 Å². The molecule has 2 fully saturated rings. The number of nitrogens with zero attached hydrogens (tertiary/aromatic N) is 3. The summed E-state index contributed by atoms with van der Waals surface area (Å²) >= 11 is 0. The van der Waals surface area contributed by atoms with Gasteiger partial charge in [0.05, 0.1) is 24.2 Å². The summed E-state index contributed by atoms with van der Waals surface area (Å²) in [5.74, 6) is -1.28. The van der Waals surface area contributed by atoms with Crippen LogP contribution in [0.1, 0.15) is 70.9 Å². The maximum absolute atomic E-state index is 15.4. The van der Waals surface area contributed by atoms with Crippen molar-refractivity contribution < 1.29 is 24.0 Å². The molecule has 1 aliphatic carbocycles. The van der Waals surface area contributed by atoms with Crippen molar-refractivity contribution in [1.82, 2.24) is 21.0 Å². The summed E-state index contributed by atoms with van der Waals surface area (Å²) in [5, 5.41) is 19.7. The van der Waals surface area contributed by atoms with Gasteiger partial charge < -0.3 is 25.8 Å². The van der Waals surface area contributed by atoms with E-state index in [1.54, 1.807) is 6.07 Å². The number of nitrogens with one attached hydrogen (secondary N) is 3. The highest BCUT2D eigenvalue weighted by Gasteiger charge is 2.38. The second-order valence-corrected chi connectivity index (χ2v) is 13.0. The van der Waals surface area contributed by atoms with E-state index in [-0.39, 0.29) is 24.2 Å². The number of hydrogen-bond acceptors (Lipinski definition) is 7. The number of halogens is 1. The van der Waals surface area contributed by atoms with Crippen LogP contribution in [0.4, 0.5) is 15.8 Å². The van der Waals surface area contributed by atoms with Crippen LogP contribution in [0.25, 0.3) is 0 Å². The molecule has 3 aliphatic rings. The fourth-order valence-electron chi connectivity index (χ4n) is 6.44. The van der Waals surface area contributed by atoms with Crippen LogP contribution in [0, 0.1) is 23.1 Å². The number of rotatable bonds is 10. The molecule has 2 aliphatic heterocycles. The monoisotopic (exact) mass is 574 g/mol. The van der Waals surface area contributed by atoms with Gasteiger partial charge in [0.1, 0.15) is 11.9 Å². The van der Waals surface area contributed by atoms with E-state index in [1.807, 2.05) is 38.8 Å². The highest BCUT2D eigenvalue weighted by molar-refractivity contribution is 5.89. The Hall–Kier alpha value is -2.92. The molecule has 3 atom stereocenters. The third kappa shape index (κ3) is 7.68. The molecule has 41 heavy (non-hydrogen) atoms. The van der Waals surface area contributed by atoms with Gasteiger partial charge in [0, 0.05) is 51.0 Å². The summed E-state index contributed by atoms with van der Waals surface area (Å²) in [7, 11) is 1.97. The largest absolute Gasteiger partial charge is 0.374 e. The van der Waals surface area contributed by atoms with E-state index in [9.17, 15) is 19.6 Å². The SMILES string of the molecule is CN1CCC(NC(=O)[C@@H](NC(=O)[C@H](CC2CCCC2)CN(O)C=O)C(C)(C)C)c2cc(F)c(N3CCNCC3)cc21. The molecular weight excluding hydrogens is 527 g/mol. The van der Waals surface area contributed by atoms with Gasteiger partial charge in [-0.3, -0.25) is 19.6 Å². The van der Waals surface area contributed by atoms with E-state index < -0.39 is 23.4 Å². The number of hydroxylamine groups is 2. The van der Waals surface area contributed by atoms with Crippen LogP contribution in [-0.2, 0) is 14.4 Å². The van der Waals surface area contributed by atoms with Crippen molar-refractivity contribution in [3.63, 3.8) is 0 Å². The second-order valence-electron chi connectivity index (χ2n) is 13.0. The van der Waals surface area contributed by atoms with Gasteiger partial charge in [-0.1, -0.05) is 46.5 Å². The van der Waals surface area contributed by atoms with Gasteiger partial charge in [-0.2, -0.15) is 0 Å². The zero-order valence-corrected chi connectivity index (χ0v) is 24.9. The van der Waals surface area contributed by atoms with Crippen molar-refractivity contribution in [2.75, 3.05) is 56.1 Å². The fourth-order valence-corrected chi connectivity index (χ4v) is 6.44. The van der Waals surface area contributed by atoms with Crippen LogP contribution in [-0.4, -0.2) is 80.9 Å². The average Bonchev–Trinajstić information content (AvgIpc) is 3.45. The molecule has 1 aromatic carbocycles. The standard InChI is InChI=1S/C30H47FN6O4/c1-30(2,3)27(34-28(39)21(18-37(41)19-38)15-20-7-5-6-8-20)29(40)33-24-9-12-35(4)25-17-26(23(31)16-22(24)25)36-13-10-32-11-14-36/h16-17,19-21,24,27,32,41H,5-15,18H2,1-4H3,(H,33,40)(H,34,39)/t21-,24?,27-/m1/s1. The van der Waals surface area contributed by atoms with Gasteiger partial charge in [0.25, 0.3) is 0 Å². The first-order valence-electron chi connectivity index (χ1n) is 15.0. The molecule has 4 rings (SSSR count). The van der Waals surface area contributed by atoms with Gasteiger partial charge in [0.2, 0.25) is 18.2 Å². The topological polar surface area (TPSA) is 117 Å². The molecule has 1 aromatic rings. The first-order chi connectivity index (χ1) is 19.5. The van der Waals surface area contributed by atoms with E-state index in [0.29, 0.717) is 42.5 Å². The number of anilines is 2. The zero-order chi connectivity index (χ0) is 29.7. The maximum atomic E-state index is 15.4. The molecule has 1 saturated heterocycles. The molecule has 228 valence electrons. The Morgan fingerprint density at radius 1 is 1.12 bits per heavy atom. The second kappa shape index (κ2) is 13.4. The number of amides is 3. The van der Waals surface area contributed by atoms with Gasteiger partial charge in [-0.05, 0) is 36.3 Å². The van der Waals surface area contributed by atoms with E-state index in [0.717, 1.165) is 63.1 Å². The summed E-state index contributed by atoms with van der Waals surface area (Å²) < 4.78 is 15.4. The van der Waals surface area contributed by atoms with Crippen molar-refractivity contribution in [1.29, 1.82) is 0 Å². The molecule has 1 unspecified atom stereocenters. The number of piperazine rings is 1. The lowest BCUT2D eigenvalue weighted by atomic mass is 9.84. The quantitative estimate of drug-likeness (QED) is 0.193. The van der Waals surface area contributed by atoms with Gasteiger partial charge in [0.15, 0.2) is 0 Å². The number of hydrogen-bond donors (Lipinski definition) is 4. The number of carbonyl (C=O) groups excluding carboxylic acids is 3. The predicted molar refractivity (Wildman–Crippen MR) is 156 cm³/mol. The Morgan fingerprint density at radius 2 is 1.80 bits per heavy atom. The van der Waals surface area contributed by atoms with Crippen molar-refractivity contribution in [3.8, 4) is 0 Å². The molecule has 0 radical (unpaired) electrons. The summed E-state index contributed by atoms with van der Waals surface area (Å²) in [6, 6.07) is 2.17. The third-order valence-corrected chi connectivity index (χ3v) is 8.82. The van der Waals surface area contributed by atoms with Crippen LogP contribution in [0.2, 0.25) is 0 Å². The molecule has 1 saturated carbocycles. The van der Waals surface area contributed by atoms with Crippen molar-refractivity contribution in [2.45, 2.75) is 71.4 Å². The smallest absolute Gasteiger partial charge is 0.243 e. The Balaban J connectivity index is 1.51. The van der Waals surface area contributed by atoms with Crippen LogP contribution in [0.3, 0.4) is 0 Å². The maximum Gasteiger partial charge on any atom is 0.243 e. The van der Waals surface area contributed by atoms with Crippen LogP contribution in [0.15, 0.2) is 12.1 Å². The van der Waals surface area contributed by atoms with Crippen LogP contribution < -0.4 is 25.8 Å². The van der Waals surface area contributed by atoms with Gasteiger partial charge in [-0.25, -0.2) is 9.45 Å². The Labute approximate surface area is 242 Å². The minimum atomic E-state index is -0.863. The molecule has 0 aromatic heterocycles. The highest BCUT2D eigenvalue weighted by Crippen LogP contribution is 2.38. The number of benzene rings is 1. The third-order valence-electron chi connectivity index (χ3n) is 8.82. The first-order valence-corrected chi connectivity index (χ1v) is 15.0. The average molecular weight is 575 g/mol. The molecule has 0 spiro atoms. The van der Waals surface area contributed by atoms with E-state index in [2.05, 4.69) is 20.9 Å². The van der Waals surface area contributed by atoms with Crippen molar-refractivity contribution >= 4 is 29.6 Å². The summed E-state index contributed by atoms with van der Waals surface area (Å²) in [6.07, 6.45) is 5.70. The lowest BCUT2D eigenvalue weighted by Gasteiger charge is -2.38. The van der Waals surface area contributed by atoms with Gasteiger partial charge >= 0.3 is 0 Å². The Kier molecular flexibility index (Phi) is 10.1. The molecule has 0 bridgehead atoms. The van der Waals surface area contributed by atoms with E-state index >= 15 is 4.39 Å². The molecule has 11 heteroatoms. The lowest BCUT2D eigenvalue weighted by Crippen LogP contribution is -2.56. The Morgan fingerprint density at radius 3 is 2.44 bits per heavy atom. The lowest BCUT2D eigenvalue weighted by molar-refractivity contribution is -0.155. The molecule has 3 amide bonds. The zero-order valence-electron chi connectivity index (χ0n) is 24.9. The fraction of sp³-hybridized carbons (Fsp3) is 0.700. The first kappa shape index (κ1) is 31.0. The molecule has 10 nitrogen and oxygen atoms in total. The highest BCUT2D eigenvalue weighted by atomic mass is 19.1.